The molecule has 1 aromatic heterocycles. The van der Waals surface area contributed by atoms with Gasteiger partial charge < -0.3 is 20.1 Å². The number of amides is 1. The number of aliphatic hydroxyl groups is 1. The molecule has 0 radical (unpaired) electrons. The van der Waals surface area contributed by atoms with Crippen molar-refractivity contribution >= 4 is 11.7 Å². The zero-order valence-corrected chi connectivity index (χ0v) is 11.2. The van der Waals surface area contributed by atoms with Crippen molar-refractivity contribution in [2.45, 2.75) is 6.10 Å². The number of carbonyl (C=O) groups is 1. The van der Waals surface area contributed by atoms with E-state index in [-0.39, 0.29) is 18.7 Å². The fourth-order valence-electron chi connectivity index (χ4n) is 1.65. The van der Waals surface area contributed by atoms with Crippen LogP contribution in [0.2, 0.25) is 0 Å². The van der Waals surface area contributed by atoms with Crippen molar-refractivity contribution in [3.8, 4) is 0 Å². The smallest absolute Gasteiger partial charge is 0.257 e. The van der Waals surface area contributed by atoms with E-state index in [2.05, 4.69) is 10.3 Å². The summed E-state index contributed by atoms with van der Waals surface area (Å²) in [5.74, 6) is -0.723. The van der Waals surface area contributed by atoms with Gasteiger partial charge in [-0.15, -0.1) is 0 Å². The first-order chi connectivity index (χ1) is 8.99. The first-order valence-electron chi connectivity index (χ1n) is 5.75. The van der Waals surface area contributed by atoms with Crippen LogP contribution in [0.3, 0.4) is 0 Å². The number of aliphatic hydroxyl groups excluding tert-OH is 1. The molecule has 0 aliphatic carbocycles. The van der Waals surface area contributed by atoms with Crippen LogP contribution in [-0.4, -0.2) is 61.4 Å². The number of hydrogen-bond donors (Lipinski definition) is 2. The molecule has 0 aromatic carbocycles. The predicted molar refractivity (Wildman–Crippen MR) is 68.6 cm³/mol. The standard InChI is InChI=1S/C12H18FN3O3/c1-14-11-10(4-8(13)5-15-11)12(18)16(2)6-9(17)7-19-3/h4-5,9,17H,6-7H2,1-3H3,(H,14,15). The lowest BCUT2D eigenvalue weighted by Gasteiger charge is -2.21. The van der Waals surface area contributed by atoms with Crippen molar-refractivity contribution in [1.82, 2.24) is 9.88 Å². The predicted octanol–water partition coefficient (Wildman–Crippen LogP) is 0.342. The molecule has 1 amide bonds. The molecule has 7 heteroatoms. The number of ether oxygens (including phenoxy) is 1. The van der Waals surface area contributed by atoms with E-state index < -0.39 is 17.8 Å². The molecule has 0 saturated heterocycles. The second kappa shape index (κ2) is 7.01. The largest absolute Gasteiger partial charge is 0.389 e. The molecule has 1 heterocycles. The van der Waals surface area contributed by atoms with Crippen LogP contribution in [0, 0.1) is 5.82 Å². The molecule has 0 saturated carbocycles. The van der Waals surface area contributed by atoms with E-state index in [1.165, 1.54) is 19.1 Å². The minimum Gasteiger partial charge on any atom is -0.389 e. The van der Waals surface area contributed by atoms with E-state index in [0.29, 0.717) is 5.82 Å². The Bertz CT molecular complexity index is 442. The highest BCUT2D eigenvalue weighted by Gasteiger charge is 2.19. The number of anilines is 1. The van der Waals surface area contributed by atoms with Gasteiger partial charge in [0.05, 0.1) is 24.5 Å². The second-order valence-corrected chi connectivity index (χ2v) is 4.09. The molecular weight excluding hydrogens is 253 g/mol. The molecule has 1 aromatic rings. The first-order valence-corrected chi connectivity index (χ1v) is 5.75. The molecule has 2 N–H and O–H groups in total. The Labute approximate surface area is 111 Å². The summed E-state index contributed by atoms with van der Waals surface area (Å²) >= 11 is 0. The van der Waals surface area contributed by atoms with Gasteiger partial charge in [-0.3, -0.25) is 4.79 Å². The Morgan fingerprint density at radius 3 is 2.95 bits per heavy atom. The van der Waals surface area contributed by atoms with Gasteiger partial charge in [-0.05, 0) is 6.07 Å². The van der Waals surface area contributed by atoms with Crippen LogP contribution >= 0.6 is 0 Å². The van der Waals surface area contributed by atoms with Gasteiger partial charge in [0.2, 0.25) is 0 Å². The van der Waals surface area contributed by atoms with Gasteiger partial charge in [-0.2, -0.15) is 0 Å². The van der Waals surface area contributed by atoms with E-state index in [0.717, 1.165) is 12.3 Å². The Morgan fingerprint density at radius 2 is 2.37 bits per heavy atom. The number of aromatic nitrogens is 1. The van der Waals surface area contributed by atoms with E-state index in [4.69, 9.17) is 4.74 Å². The Hall–Kier alpha value is -1.73. The maximum absolute atomic E-state index is 13.2. The third-order valence-electron chi connectivity index (χ3n) is 2.51. The summed E-state index contributed by atoms with van der Waals surface area (Å²) in [6.07, 6.45) is 0.237. The number of nitrogens with one attached hydrogen (secondary N) is 1. The van der Waals surface area contributed by atoms with Crippen molar-refractivity contribution in [3.05, 3.63) is 23.6 Å². The number of likely N-dealkylation sites (N-methyl/N-ethyl adjacent to an activating group) is 1. The molecule has 0 spiro atoms. The summed E-state index contributed by atoms with van der Waals surface area (Å²) < 4.78 is 17.9. The topological polar surface area (TPSA) is 74.7 Å². The number of methoxy groups -OCH3 is 1. The number of halogens is 1. The first kappa shape index (κ1) is 15.3. The average Bonchev–Trinajstić information content (AvgIpc) is 2.37. The van der Waals surface area contributed by atoms with Gasteiger partial charge in [0.25, 0.3) is 5.91 Å². The summed E-state index contributed by atoms with van der Waals surface area (Å²) in [4.78, 5) is 17.2. The molecule has 106 valence electrons. The van der Waals surface area contributed by atoms with Crippen molar-refractivity contribution in [2.24, 2.45) is 0 Å². The summed E-state index contributed by atoms with van der Waals surface area (Å²) in [5, 5.41) is 12.3. The Morgan fingerprint density at radius 1 is 1.68 bits per heavy atom. The summed E-state index contributed by atoms with van der Waals surface area (Å²) in [6, 6.07) is 1.11. The monoisotopic (exact) mass is 271 g/mol. The third-order valence-corrected chi connectivity index (χ3v) is 2.51. The number of pyridine rings is 1. The Kier molecular flexibility index (Phi) is 5.65. The van der Waals surface area contributed by atoms with Gasteiger partial charge in [0.15, 0.2) is 0 Å². The molecular formula is C12H18FN3O3. The van der Waals surface area contributed by atoms with E-state index in [9.17, 15) is 14.3 Å². The minimum absolute atomic E-state index is 0.0896. The van der Waals surface area contributed by atoms with Crippen molar-refractivity contribution in [1.29, 1.82) is 0 Å². The lowest BCUT2D eigenvalue weighted by molar-refractivity contribution is 0.0380. The molecule has 0 fully saturated rings. The van der Waals surface area contributed by atoms with Crippen molar-refractivity contribution in [3.63, 3.8) is 0 Å². The van der Waals surface area contributed by atoms with Crippen molar-refractivity contribution in [2.75, 3.05) is 39.7 Å². The number of rotatable bonds is 6. The lowest BCUT2D eigenvalue weighted by Crippen LogP contribution is -2.36. The lowest BCUT2D eigenvalue weighted by atomic mass is 10.2. The molecule has 6 nitrogen and oxygen atoms in total. The quantitative estimate of drug-likeness (QED) is 0.780. The van der Waals surface area contributed by atoms with Gasteiger partial charge in [0, 0.05) is 27.7 Å². The fourth-order valence-corrected chi connectivity index (χ4v) is 1.65. The minimum atomic E-state index is -0.793. The van der Waals surface area contributed by atoms with Gasteiger partial charge in [-0.1, -0.05) is 0 Å². The van der Waals surface area contributed by atoms with Crippen LogP contribution in [0.25, 0.3) is 0 Å². The summed E-state index contributed by atoms with van der Waals surface area (Å²) in [6.45, 7) is 0.213. The van der Waals surface area contributed by atoms with Crippen LogP contribution < -0.4 is 5.32 Å². The molecule has 0 bridgehead atoms. The zero-order chi connectivity index (χ0) is 14.4. The van der Waals surface area contributed by atoms with Crippen LogP contribution in [0.5, 0.6) is 0 Å². The fraction of sp³-hybridized carbons (Fsp3) is 0.500. The SMILES string of the molecule is CNc1ncc(F)cc1C(=O)N(C)CC(O)COC. The summed E-state index contributed by atoms with van der Waals surface area (Å²) in [7, 11) is 4.57. The van der Waals surface area contributed by atoms with Gasteiger partial charge in [0.1, 0.15) is 11.6 Å². The zero-order valence-electron chi connectivity index (χ0n) is 11.2. The molecule has 0 aliphatic rings. The molecule has 1 unspecified atom stereocenters. The van der Waals surface area contributed by atoms with Crippen LogP contribution in [0.4, 0.5) is 10.2 Å². The third kappa shape index (κ3) is 4.15. The van der Waals surface area contributed by atoms with Gasteiger partial charge >= 0.3 is 0 Å². The normalized spacial score (nSPS) is 12.1. The summed E-state index contributed by atoms with van der Waals surface area (Å²) in [5.41, 5.74) is 0.120. The Balaban J connectivity index is 2.84. The molecule has 1 rings (SSSR count). The van der Waals surface area contributed by atoms with E-state index >= 15 is 0 Å². The molecule has 19 heavy (non-hydrogen) atoms. The van der Waals surface area contributed by atoms with Crippen LogP contribution in [0.15, 0.2) is 12.3 Å². The van der Waals surface area contributed by atoms with Crippen LogP contribution in [0.1, 0.15) is 10.4 Å². The van der Waals surface area contributed by atoms with Crippen molar-refractivity contribution < 1.29 is 19.0 Å². The van der Waals surface area contributed by atoms with Gasteiger partial charge in [-0.25, -0.2) is 9.37 Å². The highest BCUT2D eigenvalue weighted by Crippen LogP contribution is 2.15. The highest BCUT2D eigenvalue weighted by molar-refractivity contribution is 5.98. The highest BCUT2D eigenvalue weighted by atomic mass is 19.1. The van der Waals surface area contributed by atoms with E-state index in [1.807, 2.05) is 0 Å². The van der Waals surface area contributed by atoms with Crippen LogP contribution in [-0.2, 0) is 4.74 Å². The van der Waals surface area contributed by atoms with E-state index in [1.54, 1.807) is 7.05 Å². The maximum Gasteiger partial charge on any atom is 0.257 e. The molecule has 1 atom stereocenters. The number of carbonyl (C=O) groups excluding carboxylic acids is 1. The average molecular weight is 271 g/mol. The second-order valence-electron chi connectivity index (χ2n) is 4.09. The number of nitrogens with zero attached hydrogens (tertiary/aromatic N) is 2. The number of hydrogen-bond acceptors (Lipinski definition) is 5. The maximum atomic E-state index is 13.2. The molecule has 0 aliphatic heterocycles.